The zero-order valence-electron chi connectivity index (χ0n) is 11.1. The third-order valence-electron chi connectivity index (χ3n) is 4.38. The van der Waals surface area contributed by atoms with Crippen molar-refractivity contribution in [2.45, 2.75) is 26.3 Å². The van der Waals surface area contributed by atoms with Gasteiger partial charge in [0, 0.05) is 19.6 Å². The number of benzene rings is 1. The Balaban J connectivity index is 0.00000120. The fourth-order valence-corrected chi connectivity index (χ4v) is 3.26. The Hall–Kier alpha value is -0.570. The molecule has 0 radical (unpaired) electrons. The van der Waals surface area contributed by atoms with Crippen molar-refractivity contribution in [2.75, 3.05) is 26.2 Å². The predicted molar refractivity (Wildman–Crippen MR) is 78.2 cm³/mol. The Kier molecular flexibility index (Phi) is 4.31. The fourth-order valence-electron chi connectivity index (χ4n) is 3.26. The summed E-state index contributed by atoms with van der Waals surface area (Å²) in [5.74, 6) is 0. The van der Waals surface area contributed by atoms with Crippen LogP contribution in [0.3, 0.4) is 0 Å². The predicted octanol–water partition coefficient (Wildman–Crippen LogP) is 2.60. The van der Waals surface area contributed by atoms with Gasteiger partial charge in [-0.25, -0.2) is 0 Å². The molecule has 0 aliphatic carbocycles. The lowest BCUT2D eigenvalue weighted by Gasteiger charge is -2.22. The van der Waals surface area contributed by atoms with Crippen LogP contribution in [-0.4, -0.2) is 31.1 Å². The van der Waals surface area contributed by atoms with Crippen LogP contribution in [0.25, 0.3) is 0 Å². The first kappa shape index (κ1) is 13.9. The van der Waals surface area contributed by atoms with Crippen LogP contribution in [0.1, 0.15) is 24.0 Å². The summed E-state index contributed by atoms with van der Waals surface area (Å²) in [5.41, 5.74) is 3.41. The molecule has 1 atom stereocenters. The highest BCUT2D eigenvalue weighted by atomic mass is 35.5. The second kappa shape index (κ2) is 5.60. The highest BCUT2D eigenvalue weighted by Gasteiger charge is 2.39. The second-order valence-electron chi connectivity index (χ2n) is 5.87. The number of halogens is 1. The summed E-state index contributed by atoms with van der Waals surface area (Å²) in [6, 6.07) is 8.98. The Morgan fingerprint density at radius 1 is 1.22 bits per heavy atom. The molecule has 1 N–H and O–H groups in total. The van der Waals surface area contributed by atoms with Crippen LogP contribution in [0.2, 0.25) is 0 Å². The van der Waals surface area contributed by atoms with E-state index in [1.54, 1.807) is 0 Å². The van der Waals surface area contributed by atoms with Gasteiger partial charge in [0.05, 0.1) is 0 Å². The molecule has 1 spiro atoms. The molecule has 2 saturated heterocycles. The lowest BCUT2D eigenvalue weighted by Crippen LogP contribution is -2.28. The molecule has 3 heteroatoms. The van der Waals surface area contributed by atoms with Crippen LogP contribution < -0.4 is 5.32 Å². The van der Waals surface area contributed by atoms with Crippen molar-refractivity contribution in [3.05, 3.63) is 35.4 Å². The van der Waals surface area contributed by atoms with Crippen LogP contribution in [0, 0.1) is 12.3 Å². The number of hydrogen-bond donors (Lipinski definition) is 1. The average molecular weight is 267 g/mol. The van der Waals surface area contributed by atoms with Crippen molar-refractivity contribution >= 4 is 12.4 Å². The van der Waals surface area contributed by atoms with E-state index in [2.05, 4.69) is 41.4 Å². The molecule has 2 nitrogen and oxygen atoms in total. The lowest BCUT2D eigenvalue weighted by molar-refractivity contribution is 0.268. The van der Waals surface area contributed by atoms with Gasteiger partial charge in [0.1, 0.15) is 0 Å². The number of nitrogens with one attached hydrogen (secondary N) is 1. The van der Waals surface area contributed by atoms with E-state index in [1.807, 2.05) is 0 Å². The van der Waals surface area contributed by atoms with Gasteiger partial charge in [-0.15, -0.1) is 12.4 Å². The van der Waals surface area contributed by atoms with Gasteiger partial charge in [-0.1, -0.05) is 29.8 Å². The fraction of sp³-hybridized carbons (Fsp3) is 0.600. The van der Waals surface area contributed by atoms with Crippen LogP contribution in [0.4, 0.5) is 0 Å². The van der Waals surface area contributed by atoms with Gasteiger partial charge >= 0.3 is 0 Å². The first-order chi connectivity index (χ1) is 8.26. The van der Waals surface area contributed by atoms with Crippen molar-refractivity contribution in [1.82, 2.24) is 10.2 Å². The summed E-state index contributed by atoms with van der Waals surface area (Å²) in [5, 5.41) is 3.52. The zero-order chi connectivity index (χ0) is 11.7. The maximum atomic E-state index is 3.52. The van der Waals surface area contributed by atoms with Crippen molar-refractivity contribution in [3.63, 3.8) is 0 Å². The molecule has 0 amide bonds. The maximum Gasteiger partial charge on any atom is 0.0233 e. The van der Waals surface area contributed by atoms with Crippen LogP contribution in [-0.2, 0) is 6.54 Å². The van der Waals surface area contributed by atoms with Gasteiger partial charge in [-0.3, -0.25) is 4.90 Å². The molecule has 100 valence electrons. The minimum absolute atomic E-state index is 0. The highest BCUT2D eigenvalue weighted by molar-refractivity contribution is 5.85. The summed E-state index contributed by atoms with van der Waals surface area (Å²) < 4.78 is 0. The topological polar surface area (TPSA) is 15.3 Å². The number of hydrogen-bond acceptors (Lipinski definition) is 2. The smallest absolute Gasteiger partial charge is 0.0233 e. The first-order valence-electron chi connectivity index (χ1n) is 6.74. The molecule has 2 aliphatic rings. The van der Waals surface area contributed by atoms with Gasteiger partial charge in [0.25, 0.3) is 0 Å². The SMILES string of the molecule is Cc1ccc(CN2CCC3(CCNC3)C2)cc1.Cl. The van der Waals surface area contributed by atoms with Crippen LogP contribution in [0.5, 0.6) is 0 Å². The van der Waals surface area contributed by atoms with Gasteiger partial charge < -0.3 is 5.32 Å². The van der Waals surface area contributed by atoms with Crippen molar-refractivity contribution in [3.8, 4) is 0 Å². The maximum absolute atomic E-state index is 3.52. The van der Waals surface area contributed by atoms with Gasteiger partial charge in [0.15, 0.2) is 0 Å². The van der Waals surface area contributed by atoms with E-state index < -0.39 is 0 Å². The molecule has 18 heavy (non-hydrogen) atoms. The highest BCUT2D eigenvalue weighted by Crippen LogP contribution is 2.36. The van der Waals surface area contributed by atoms with E-state index in [-0.39, 0.29) is 12.4 Å². The standard InChI is InChI=1S/C15H22N2.ClH/c1-13-2-4-14(5-3-13)10-17-9-7-15(12-17)6-8-16-11-15;/h2-5,16H,6-12H2,1H3;1H. The Labute approximate surface area is 116 Å². The third kappa shape index (κ3) is 2.87. The van der Waals surface area contributed by atoms with Gasteiger partial charge in [0.2, 0.25) is 0 Å². The van der Waals surface area contributed by atoms with Crippen molar-refractivity contribution < 1.29 is 0 Å². The number of aryl methyl sites for hydroxylation is 1. The molecular formula is C15H23ClN2. The van der Waals surface area contributed by atoms with E-state index >= 15 is 0 Å². The van der Waals surface area contributed by atoms with Crippen LogP contribution >= 0.6 is 12.4 Å². The van der Waals surface area contributed by atoms with Gasteiger partial charge in [-0.05, 0) is 43.8 Å². The molecule has 0 bridgehead atoms. The summed E-state index contributed by atoms with van der Waals surface area (Å²) in [6.07, 6.45) is 2.75. The quantitative estimate of drug-likeness (QED) is 0.885. The summed E-state index contributed by atoms with van der Waals surface area (Å²) >= 11 is 0. The minimum Gasteiger partial charge on any atom is -0.316 e. The minimum atomic E-state index is 0. The number of rotatable bonds is 2. The van der Waals surface area contributed by atoms with E-state index in [9.17, 15) is 0 Å². The molecule has 1 aromatic carbocycles. The largest absolute Gasteiger partial charge is 0.316 e. The molecule has 2 aliphatic heterocycles. The number of likely N-dealkylation sites (tertiary alicyclic amines) is 1. The van der Waals surface area contributed by atoms with E-state index in [1.165, 1.54) is 50.1 Å². The average Bonchev–Trinajstić information content (AvgIpc) is 2.94. The summed E-state index contributed by atoms with van der Waals surface area (Å²) in [6.45, 7) is 8.29. The first-order valence-corrected chi connectivity index (χ1v) is 6.74. The summed E-state index contributed by atoms with van der Waals surface area (Å²) in [7, 11) is 0. The van der Waals surface area contributed by atoms with Crippen LogP contribution in [0.15, 0.2) is 24.3 Å². The third-order valence-corrected chi connectivity index (χ3v) is 4.38. The molecule has 2 heterocycles. The monoisotopic (exact) mass is 266 g/mol. The molecule has 2 fully saturated rings. The Morgan fingerprint density at radius 2 is 2.00 bits per heavy atom. The second-order valence-corrected chi connectivity index (χ2v) is 5.87. The summed E-state index contributed by atoms with van der Waals surface area (Å²) in [4.78, 5) is 2.62. The molecule has 1 unspecified atom stereocenters. The van der Waals surface area contributed by atoms with E-state index in [4.69, 9.17) is 0 Å². The van der Waals surface area contributed by atoms with Crippen molar-refractivity contribution in [1.29, 1.82) is 0 Å². The Bertz CT molecular complexity index is 382. The molecule has 0 saturated carbocycles. The van der Waals surface area contributed by atoms with Crippen molar-refractivity contribution in [2.24, 2.45) is 5.41 Å². The van der Waals surface area contributed by atoms with E-state index in [0.29, 0.717) is 5.41 Å². The lowest BCUT2D eigenvalue weighted by atomic mass is 9.86. The zero-order valence-corrected chi connectivity index (χ0v) is 11.9. The van der Waals surface area contributed by atoms with Gasteiger partial charge in [-0.2, -0.15) is 0 Å². The number of nitrogens with zero attached hydrogens (tertiary/aromatic N) is 1. The normalized spacial score (nSPS) is 27.6. The molecular weight excluding hydrogens is 244 g/mol. The molecule has 3 rings (SSSR count). The molecule has 0 aromatic heterocycles. The Morgan fingerprint density at radius 3 is 2.67 bits per heavy atom. The van der Waals surface area contributed by atoms with E-state index in [0.717, 1.165) is 6.54 Å². The molecule has 1 aromatic rings.